The number of carbonyl (C=O) groups is 1. The first kappa shape index (κ1) is 16.0. The van der Waals surface area contributed by atoms with E-state index < -0.39 is 15.8 Å². The van der Waals surface area contributed by atoms with Gasteiger partial charge in [-0.15, -0.1) is 0 Å². The van der Waals surface area contributed by atoms with Crippen LogP contribution in [0.25, 0.3) is 0 Å². The maximum Gasteiger partial charge on any atom is 0.339 e. The Labute approximate surface area is 120 Å². The summed E-state index contributed by atoms with van der Waals surface area (Å²) in [7, 11) is -3.13. The fourth-order valence-corrected chi connectivity index (χ4v) is 2.69. The Morgan fingerprint density at radius 2 is 2.05 bits per heavy atom. The van der Waals surface area contributed by atoms with E-state index in [1.807, 2.05) is 0 Å². The van der Waals surface area contributed by atoms with Crippen LogP contribution in [0.1, 0.15) is 22.8 Å². The normalized spacial score (nSPS) is 11.3. The van der Waals surface area contributed by atoms with Gasteiger partial charge in [0.15, 0.2) is 9.84 Å². The standard InChI is InChI=1S/C12H15BrO5S/c1-3-19(16,17)5-4-18-11-8(2)6-9(13)7-10(11)12(14)15/h6-7H,3-5H2,1-2H3,(H,14,15). The zero-order chi connectivity index (χ0) is 14.6. The summed E-state index contributed by atoms with van der Waals surface area (Å²) in [5, 5.41) is 9.10. The molecule has 0 heterocycles. The fraction of sp³-hybridized carbons (Fsp3) is 0.417. The molecule has 0 saturated heterocycles. The minimum absolute atomic E-state index is 0.0146. The van der Waals surface area contributed by atoms with Crippen LogP contribution >= 0.6 is 15.9 Å². The van der Waals surface area contributed by atoms with Crippen molar-refractivity contribution in [1.82, 2.24) is 0 Å². The molecular formula is C12H15BrO5S. The van der Waals surface area contributed by atoms with Gasteiger partial charge in [-0.05, 0) is 24.6 Å². The summed E-state index contributed by atoms with van der Waals surface area (Å²) >= 11 is 3.21. The molecule has 106 valence electrons. The fourth-order valence-electron chi connectivity index (χ4n) is 1.50. The second-order valence-corrected chi connectivity index (χ2v) is 7.38. The first-order valence-corrected chi connectivity index (χ1v) is 8.25. The zero-order valence-corrected chi connectivity index (χ0v) is 13.0. The highest BCUT2D eigenvalue weighted by molar-refractivity contribution is 9.10. The van der Waals surface area contributed by atoms with Gasteiger partial charge >= 0.3 is 5.97 Å². The third-order valence-corrected chi connectivity index (χ3v) is 4.68. The molecule has 1 N–H and O–H groups in total. The van der Waals surface area contributed by atoms with E-state index in [0.29, 0.717) is 10.0 Å². The molecule has 0 aromatic heterocycles. The molecule has 0 aliphatic carbocycles. The summed E-state index contributed by atoms with van der Waals surface area (Å²) < 4.78 is 28.7. The number of hydrogen-bond donors (Lipinski definition) is 1. The van der Waals surface area contributed by atoms with E-state index in [9.17, 15) is 13.2 Å². The summed E-state index contributed by atoms with van der Waals surface area (Å²) in [4.78, 5) is 11.1. The van der Waals surface area contributed by atoms with Gasteiger partial charge in [0.25, 0.3) is 0 Å². The van der Waals surface area contributed by atoms with Gasteiger partial charge in [0.1, 0.15) is 17.9 Å². The SMILES string of the molecule is CCS(=O)(=O)CCOc1c(C)cc(Br)cc1C(=O)O. The first-order valence-electron chi connectivity index (χ1n) is 5.63. The Bertz CT molecular complexity index is 580. The van der Waals surface area contributed by atoms with Crippen LogP contribution in [0.15, 0.2) is 16.6 Å². The zero-order valence-electron chi connectivity index (χ0n) is 10.6. The van der Waals surface area contributed by atoms with Gasteiger partial charge in [-0.25, -0.2) is 13.2 Å². The Morgan fingerprint density at radius 1 is 1.42 bits per heavy atom. The van der Waals surface area contributed by atoms with E-state index in [1.54, 1.807) is 19.9 Å². The van der Waals surface area contributed by atoms with Crippen LogP contribution in [0.5, 0.6) is 5.75 Å². The molecule has 0 fully saturated rings. The van der Waals surface area contributed by atoms with Crippen molar-refractivity contribution in [1.29, 1.82) is 0 Å². The van der Waals surface area contributed by atoms with Crippen molar-refractivity contribution >= 4 is 31.7 Å². The minimum atomic E-state index is -3.13. The van der Waals surface area contributed by atoms with Crippen LogP contribution < -0.4 is 4.74 Å². The van der Waals surface area contributed by atoms with E-state index >= 15 is 0 Å². The van der Waals surface area contributed by atoms with Crippen LogP contribution in [-0.2, 0) is 9.84 Å². The maximum absolute atomic E-state index is 11.3. The molecule has 1 aromatic rings. The quantitative estimate of drug-likeness (QED) is 0.850. The molecule has 19 heavy (non-hydrogen) atoms. The predicted molar refractivity (Wildman–Crippen MR) is 75.7 cm³/mol. The smallest absolute Gasteiger partial charge is 0.339 e. The highest BCUT2D eigenvalue weighted by Crippen LogP contribution is 2.28. The first-order chi connectivity index (χ1) is 8.76. The topological polar surface area (TPSA) is 80.7 Å². The van der Waals surface area contributed by atoms with E-state index in [4.69, 9.17) is 9.84 Å². The second kappa shape index (κ2) is 6.38. The van der Waals surface area contributed by atoms with Gasteiger partial charge in [-0.2, -0.15) is 0 Å². The minimum Gasteiger partial charge on any atom is -0.491 e. The molecule has 5 nitrogen and oxygen atoms in total. The van der Waals surface area contributed by atoms with Crippen molar-refractivity contribution < 1.29 is 23.1 Å². The average Bonchev–Trinajstić information content (AvgIpc) is 2.31. The van der Waals surface area contributed by atoms with E-state index in [2.05, 4.69) is 15.9 Å². The molecule has 0 amide bonds. The molecule has 1 rings (SSSR count). The number of rotatable bonds is 6. The lowest BCUT2D eigenvalue weighted by atomic mass is 10.1. The third kappa shape index (κ3) is 4.50. The molecule has 0 bridgehead atoms. The van der Waals surface area contributed by atoms with Gasteiger partial charge in [-0.3, -0.25) is 0 Å². The Balaban J connectivity index is 2.92. The van der Waals surface area contributed by atoms with Crippen molar-refractivity contribution in [3.05, 3.63) is 27.7 Å². The Morgan fingerprint density at radius 3 is 2.58 bits per heavy atom. The number of carboxylic acid groups (broad SMARTS) is 1. The lowest BCUT2D eigenvalue weighted by molar-refractivity contribution is 0.0692. The van der Waals surface area contributed by atoms with Crippen LogP contribution in [0.3, 0.4) is 0 Å². The number of benzene rings is 1. The summed E-state index contributed by atoms with van der Waals surface area (Å²) in [6.07, 6.45) is 0. The number of aryl methyl sites for hydroxylation is 1. The Kier molecular flexibility index (Phi) is 5.37. The van der Waals surface area contributed by atoms with Crippen molar-refractivity contribution in [2.75, 3.05) is 18.1 Å². The summed E-state index contributed by atoms with van der Waals surface area (Å²) in [6, 6.07) is 3.15. The molecule has 0 aliphatic rings. The van der Waals surface area contributed by atoms with Crippen LogP contribution in [0.4, 0.5) is 0 Å². The maximum atomic E-state index is 11.3. The lowest BCUT2D eigenvalue weighted by Crippen LogP contribution is -2.17. The molecule has 7 heteroatoms. The molecule has 1 aromatic carbocycles. The highest BCUT2D eigenvalue weighted by Gasteiger charge is 2.16. The van der Waals surface area contributed by atoms with E-state index in [0.717, 1.165) is 0 Å². The molecule has 0 aliphatic heterocycles. The van der Waals surface area contributed by atoms with Crippen molar-refractivity contribution in [3.8, 4) is 5.75 Å². The number of aromatic carboxylic acids is 1. The largest absolute Gasteiger partial charge is 0.491 e. The van der Waals surface area contributed by atoms with E-state index in [1.165, 1.54) is 6.07 Å². The summed E-state index contributed by atoms with van der Waals surface area (Å²) in [5.74, 6) is -0.987. The molecule has 0 radical (unpaired) electrons. The summed E-state index contributed by atoms with van der Waals surface area (Å²) in [6.45, 7) is 3.21. The highest BCUT2D eigenvalue weighted by atomic mass is 79.9. The Hall–Kier alpha value is -1.08. The van der Waals surface area contributed by atoms with Crippen molar-refractivity contribution in [3.63, 3.8) is 0 Å². The molecule has 0 unspecified atom stereocenters. The van der Waals surface area contributed by atoms with Crippen LogP contribution in [-0.4, -0.2) is 37.6 Å². The predicted octanol–water partition coefficient (Wildman–Crippen LogP) is 2.27. The number of halogens is 1. The van der Waals surface area contributed by atoms with Gasteiger partial charge in [0.05, 0.1) is 5.75 Å². The molecule has 0 spiro atoms. The monoisotopic (exact) mass is 350 g/mol. The summed E-state index contributed by atoms with van der Waals surface area (Å²) in [5.41, 5.74) is 0.654. The van der Waals surface area contributed by atoms with Crippen LogP contribution in [0, 0.1) is 6.92 Å². The number of sulfone groups is 1. The third-order valence-electron chi connectivity index (χ3n) is 2.55. The van der Waals surface area contributed by atoms with Gasteiger partial charge in [-0.1, -0.05) is 22.9 Å². The molecule has 0 saturated carbocycles. The average molecular weight is 351 g/mol. The van der Waals surface area contributed by atoms with Crippen molar-refractivity contribution in [2.24, 2.45) is 0 Å². The van der Waals surface area contributed by atoms with E-state index in [-0.39, 0.29) is 29.4 Å². The number of carboxylic acids is 1. The lowest BCUT2D eigenvalue weighted by Gasteiger charge is -2.12. The van der Waals surface area contributed by atoms with Gasteiger partial charge in [0.2, 0.25) is 0 Å². The van der Waals surface area contributed by atoms with Crippen molar-refractivity contribution in [2.45, 2.75) is 13.8 Å². The number of ether oxygens (including phenoxy) is 1. The number of hydrogen-bond acceptors (Lipinski definition) is 4. The molecule has 0 atom stereocenters. The van der Waals surface area contributed by atoms with Gasteiger partial charge < -0.3 is 9.84 Å². The van der Waals surface area contributed by atoms with Crippen LogP contribution in [0.2, 0.25) is 0 Å². The second-order valence-electron chi connectivity index (χ2n) is 3.99. The molecular weight excluding hydrogens is 336 g/mol. The van der Waals surface area contributed by atoms with Gasteiger partial charge in [0, 0.05) is 10.2 Å².